The maximum atomic E-state index is 6.01. The predicted octanol–water partition coefficient (Wildman–Crippen LogP) is 3.12. The molecule has 1 aromatic rings. The molecule has 0 aromatic carbocycles. The number of halogens is 1. The molecule has 28 heavy (non-hydrogen) atoms. The van der Waals surface area contributed by atoms with Crippen molar-refractivity contribution in [1.82, 2.24) is 20.0 Å². The monoisotopic (exact) mass is 505 g/mol. The first-order chi connectivity index (χ1) is 13.3. The number of morpholine rings is 1. The Hall–Kier alpha value is -0.870. The van der Waals surface area contributed by atoms with Gasteiger partial charge in [-0.15, -0.1) is 24.0 Å². The van der Waals surface area contributed by atoms with Gasteiger partial charge in [0.05, 0.1) is 25.5 Å². The van der Waals surface area contributed by atoms with E-state index in [0.29, 0.717) is 12.7 Å². The van der Waals surface area contributed by atoms with E-state index in [1.54, 1.807) is 0 Å². The standard InChI is InChI=1S/C20H35N5O2.HI/c1-3-21-20(22-10-7-12-26-18-8-5-4-6-9-18)25-11-13-27-19(16-25)17-14-23-24(2)15-17;/h14-15,18-19H,3-13,16H2,1-2H3,(H,21,22);1H. The minimum atomic E-state index is 0. The van der Waals surface area contributed by atoms with Crippen molar-refractivity contribution in [1.29, 1.82) is 0 Å². The van der Waals surface area contributed by atoms with Gasteiger partial charge in [0.2, 0.25) is 0 Å². The van der Waals surface area contributed by atoms with Crippen LogP contribution in [0.3, 0.4) is 0 Å². The third-order valence-corrected chi connectivity index (χ3v) is 5.27. The molecule has 0 spiro atoms. The Morgan fingerprint density at radius 2 is 2.18 bits per heavy atom. The number of nitrogens with one attached hydrogen (secondary N) is 1. The summed E-state index contributed by atoms with van der Waals surface area (Å²) < 4.78 is 13.8. The number of ether oxygens (including phenoxy) is 2. The molecule has 2 aliphatic rings. The number of aliphatic imine (C=N–C) groups is 1. The first kappa shape index (κ1) is 23.4. The quantitative estimate of drug-likeness (QED) is 0.267. The van der Waals surface area contributed by atoms with Crippen LogP contribution in [0.1, 0.15) is 57.1 Å². The second-order valence-electron chi connectivity index (χ2n) is 7.47. The van der Waals surface area contributed by atoms with Crippen LogP contribution in [0.15, 0.2) is 17.4 Å². The number of nitrogens with zero attached hydrogens (tertiary/aromatic N) is 4. The van der Waals surface area contributed by atoms with Crippen LogP contribution in [0.5, 0.6) is 0 Å². The lowest BCUT2D eigenvalue weighted by atomic mass is 9.98. The van der Waals surface area contributed by atoms with E-state index in [4.69, 9.17) is 14.5 Å². The number of aromatic nitrogens is 2. The molecule has 2 fully saturated rings. The summed E-state index contributed by atoms with van der Waals surface area (Å²) in [5.74, 6) is 0.979. The summed E-state index contributed by atoms with van der Waals surface area (Å²) in [5.41, 5.74) is 1.12. The molecule has 0 radical (unpaired) electrons. The zero-order valence-corrected chi connectivity index (χ0v) is 19.6. The fraction of sp³-hybridized carbons (Fsp3) is 0.800. The summed E-state index contributed by atoms with van der Waals surface area (Å²) in [4.78, 5) is 7.13. The molecular formula is C20H36IN5O2. The van der Waals surface area contributed by atoms with E-state index in [-0.39, 0.29) is 30.1 Å². The second-order valence-corrected chi connectivity index (χ2v) is 7.47. The molecule has 1 N–H and O–H groups in total. The smallest absolute Gasteiger partial charge is 0.194 e. The van der Waals surface area contributed by atoms with Gasteiger partial charge in [0.15, 0.2) is 5.96 Å². The summed E-state index contributed by atoms with van der Waals surface area (Å²) in [5, 5.41) is 7.69. The Balaban J connectivity index is 0.00000280. The van der Waals surface area contributed by atoms with Crippen LogP contribution in [0.2, 0.25) is 0 Å². The highest BCUT2D eigenvalue weighted by Crippen LogP contribution is 2.22. The van der Waals surface area contributed by atoms with Gasteiger partial charge in [-0.25, -0.2) is 0 Å². The first-order valence-corrected chi connectivity index (χ1v) is 10.5. The van der Waals surface area contributed by atoms with Crippen molar-refractivity contribution in [3.8, 4) is 0 Å². The van der Waals surface area contributed by atoms with E-state index in [0.717, 1.165) is 50.7 Å². The summed E-state index contributed by atoms with van der Waals surface area (Å²) in [6, 6.07) is 0. The van der Waals surface area contributed by atoms with E-state index in [2.05, 4.69) is 22.2 Å². The number of hydrogen-bond acceptors (Lipinski definition) is 4. The molecule has 7 nitrogen and oxygen atoms in total. The van der Waals surface area contributed by atoms with E-state index < -0.39 is 0 Å². The van der Waals surface area contributed by atoms with Crippen molar-refractivity contribution in [2.75, 3.05) is 39.4 Å². The van der Waals surface area contributed by atoms with Gasteiger partial charge in [0.1, 0.15) is 6.10 Å². The molecular weight excluding hydrogens is 469 g/mol. The van der Waals surface area contributed by atoms with Crippen molar-refractivity contribution in [3.05, 3.63) is 18.0 Å². The topological polar surface area (TPSA) is 63.9 Å². The fourth-order valence-corrected chi connectivity index (χ4v) is 3.81. The predicted molar refractivity (Wildman–Crippen MR) is 122 cm³/mol. The lowest BCUT2D eigenvalue weighted by molar-refractivity contribution is -0.00809. The minimum Gasteiger partial charge on any atom is -0.378 e. The van der Waals surface area contributed by atoms with Crippen molar-refractivity contribution in [2.45, 2.75) is 57.7 Å². The largest absolute Gasteiger partial charge is 0.378 e. The Morgan fingerprint density at radius 3 is 2.89 bits per heavy atom. The number of hydrogen-bond donors (Lipinski definition) is 1. The van der Waals surface area contributed by atoms with Crippen molar-refractivity contribution >= 4 is 29.9 Å². The molecule has 1 aliphatic heterocycles. The van der Waals surface area contributed by atoms with Gasteiger partial charge in [-0.3, -0.25) is 9.67 Å². The average Bonchev–Trinajstić information content (AvgIpc) is 3.14. The van der Waals surface area contributed by atoms with Gasteiger partial charge in [-0.2, -0.15) is 5.10 Å². The highest BCUT2D eigenvalue weighted by Gasteiger charge is 2.25. The van der Waals surface area contributed by atoms with Crippen LogP contribution in [0, 0.1) is 0 Å². The van der Waals surface area contributed by atoms with E-state index >= 15 is 0 Å². The Kier molecular flexibility index (Phi) is 10.6. The molecule has 1 saturated carbocycles. The molecule has 1 aliphatic carbocycles. The van der Waals surface area contributed by atoms with Gasteiger partial charge in [-0.05, 0) is 26.2 Å². The average molecular weight is 505 g/mol. The minimum absolute atomic E-state index is 0. The molecule has 1 atom stereocenters. The van der Waals surface area contributed by atoms with Crippen molar-refractivity contribution in [2.24, 2.45) is 12.0 Å². The van der Waals surface area contributed by atoms with E-state index in [1.807, 2.05) is 24.1 Å². The molecule has 1 saturated heterocycles. The van der Waals surface area contributed by atoms with Crippen LogP contribution < -0.4 is 5.32 Å². The van der Waals surface area contributed by atoms with Crippen LogP contribution >= 0.6 is 24.0 Å². The van der Waals surface area contributed by atoms with Crippen LogP contribution in [0.4, 0.5) is 0 Å². The van der Waals surface area contributed by atoms with Gasteiger partial charge >= 0.3 is 0 Å². The third-order valence-electron chi connectivity index (χ3n) is 5.27. The maximum absolute atomic E-state index is 6.01. The Labute approximate surface area is 186 Å². The van der Waals surface area contributed by atoms with Gasteiger partial charge < -0.3 is 19.7 Å². The highest BCUT2D eigenvalue weighted by atomic mass is 127. The lowest BCUT2D eigenvalue weighted by Gasteiger charge is -2.34. The highest BCUT2D eigenvalue weighted by molar-refractivity contribution is 14.0. The number of rotatable bonds is 7. The lowest BCUT2D eigenvalue weighted by Crippen LogP contribution is -2.48. The molecule has 8 heteroatoms. The number of guanidine groups is 1. The summed E-state index contributed by atoms with van der Waals surface area (Å²) in [6.07, 6.45) is 11.9. The fourth-order valence-electron chi connectivity index (χ4n) is 3.81. The van der Waals surface area contributed by atoms with Gasteiger partial charge in [-0.1, -0.05) is 19.3 Å². The molecule has 1 aromatic heterocycles. The molecule has 3 rings (SSSR count). The zero-order valence-electron chi connectivity index (χ0n) is 17.3. The molecule has 0 amide bonds. The van der Waals surface area contributed by atoms with Crippen LogP contribution in [-0.4, -0.2) is 66.1 Å². The molecule has 1 unspecified atom stereocenters. The SMILES string of the molecule is CCNC(=NCCCOC1CCCCC1)N1CCOC(c2cnn(C)c2)C1.I. The molecule has 2 heterocycles. The first-order valence-electron chi connectivity index (χ1n) is 10.5. The Bertz CT molecular complexity index is 589. The van der Waals surface area contributed by atoms with Gasteiger partial charge in [0.25, 0.3) is 0 Å². The maximum Gasteiger partial charge on any atom is 0.194 e. The summed E-state index contributed by atoms with van der Waals surface area (Å²) >= 11 is 0. The van der Waals surface area contributed by atoms with E-state index in [1.165, 1.54) is 32.1 Å². The summed E-state index contributed by atoms with van der Waals surface area (Å²) in [7, 11) is 1.94. The molecule has 160 valence electrons. The molecule has 0 bridgehead atoms. The van der Waals surface area contributed by atoms with Crippen LogP contribution in [0.25, 0.3) is 0 Å². The van der Waals surface area contributed by atoms with Crippen LogP contribution in [-0.2, 0) is 16.5 Å². The third kappa shape index (κ3) is 7.18. The second kappa shape index (κ2) is 12.6. The van der Waals surface area contributed by atoms with Crippen molar-refractivity contribution < 1.29 is 9.47 Å². The zero-order chi connectivity index (χ0) is 18.9. The van der Waals surface area contributed by atoms with Crippen molar-refractivity contribution in [3.63, 3.8) is 0 Å². The van der Waals surface area contributed by atoms with Gasteiger partial charge in [0, 0.05) is 45.0 Å². The summed E-state index contributed by atoms with van der Waals surface area (Å²) in [6.45, 7) is 6.96. The van der Waals surface area contributed by atoms with E-state index in [9.17, 15) is 0 Å². The normalized spacial score (nSPS) is 21.4. The number of aryl methyl sites for hydroxylation is 1. The Morgan fingerprint density at radius 1 is 1.36 bits per heavy atom.